The molecule has 0 rings (SSSR count). The molecule has 86 valence electrons. The molecular formula is C8H21NO4Si. The van der Waals surface area contributed by atoms with E-state index in [1.807, 2.05) is 6.92 Å². The lowest BCUT2D eigenvalue weighted by Gasteiger charge is -2.31. The Morgan fingerprint density at radius 2 is 1.64 bits per heavy atom. The molecule has 0 radical (unpaired) electrons. The summed E-state index contributed by atoms with van der Waals surface area (Å²) in [6.07, 6.45) is 0.676. The van der Waals surface area contributed by atoms with Crippen LogP contribution in [-0.4, -0.2) is 49.0 Å². The van der Waals surface area contributed by atoms with Crippen LogP contribution < -0.4 is 5.73 Å². The molecule has 0 saturated heterocycles. The van der Waals surface area contributed by atoms with Gasteiger partial charge in [-0.3, -0.25) is 0 Å². The van der Waals surface area contributed by atoms with Crippen LogP contribution in [0.25, 0.3) is 0 Å². The molecule has 2 N–H and O–H groups in total. The van der Waals surface area contributed by atoms with Gasteiger partial charge in [0.2, 0.25) is 0 Å². The van der Waals surface area contributed by atoms with Gasteiger partial charge in [0.1, 0.15) is 5.73 Å². The predicted octanol–water partition coefficient (Wildman–Crippen LogP) is 0.158. The summed E-state index contributed by atoms with van der Waals surface area (Å²) in [5, 5.41) is 0. The van der Waals surface area contributed by atoms with Crippen molar-refractivity contribution >= 4 is 8.80 Å². The minimum absolute atomic E-state index is 0.183. The van der Waals surface area contributed by atoms with Crippen LogP contribution in [0.3, 0.4) is 0 Å². The van der Waals surface area contributed by atoms with Crippen molar-refractivity contribution in [2.24, 2.45) is 5.73 Å². The number of ether oxygens (including phenoxy) is 1. The maximum atomic E-state index is 5.53. The van der Waals surface area contributed by atoms with E-state index in [-0.39, 0.29) is 5.73 Å². The standard InChI is InChI=1S/C8H21NO4Si/c1-5-13-8(6-7-9)14(10-2,11-3)12-4/h8H,5-7,9H2,1-4H3. The predicted molar refractivity (Wildman–Crippen MR) is 55.9 cm³/mol. The first kappa shape index (κ1) is 14.0. The van der Waals surface area contributed by atoms with Gasteiger partial charge in [-0.25, -0.2) is 0 Å². The number of hydrogen-bond donors (Lipinski definition) is 1. The van der Waals surface area contributed by atoms with Gasteiger partial charge in [0.25, 0.3) is 0 Å². The molecule has 0 heterocycles. The van der Waals surface area contributed by atoms with Crippen molar-refractivity contribution in [2.45, 2.75) is 19.1 Å². The highest BCUT2D eigenvalue weighted by molar-refractivity contribution is 6.62. The third-order valence-corrected chi connectivity index (χ3v) is 5.00. The monoisotopic (exact) mass is 223 g/mol. The summed E-state index contributed by atoms with van der Waals surface area (Å²) in [7, 11) is 2.02. The van der Waals surface area contributed by atoms with Gasteiger partial charge in [-0.05, 0) is 19.9 Å². The minimum Gasteiger partial charge on any atom is -0.375 e. The van der Waals surface area contributed by atoms with Crippen LogP contribution in [0.15, 0.2) is 0 Å². The van der Waals surface area contributed by atoms with E-state index in [0.717, 1.165) is 0 Å². The Morgan fingerprint density at radius 1 is 1.14 bits per heavy atom. The van der Waals surface area contributed by atoms with Gasteiger partial charge in [-0.1, -0.05) is 0 Å². The van der Waals surface area contributed by atoms with Crippen LogP contribution in [0, 0.1) is 0 Å². The third-order valence-electron chi connectivity index (χ3n) is 2.04. The maximum Gasteiger partial charge on any atom is 0.530 e. The van der Waals surface area contributed by atoms with Crippen LogP contribution >= 0.6 is 0 Å². The Balaban J connectivity index is 4.52. The number of hydrogen-bond acceptors (Lipinski definition) is 5. The van der Waals surface area contributed by atoms with Crippen LogP contribution in [0.1, 0.15) is 13.3 Å². The lowest BCUT2D eigenvalue weighted by Crippen LogP contribution is -2.56. The molecule has 0 saturated carbocycles. The number of rotatable bonds is 8. The van der Waals surface area contributed by atoms with Gasteiger partial charge in [0.05, 0.1) is 0 Å². The Labute approximate surface area is 86.8 Å². The summed E-state index contributed by atoms with van der Waals surface area (Å²) in [6.45, 7) is 3.04. The van der Waals surface area contributed by atoms with Gasteiger partial charge in [0, 0.05) is 27.9 Å². The average molecular weight is 223 g/mol. The molecule has 0 fully saturated rings. The lowest BCUT2D eigenvalue weighted by atomic mass is 10.4. The van der Waals surface area contributed by atoms with Crippen molar-refractivity contribution in [3.63, 3.8) is 0 Å². The highest BCUT2D eigenvalue weighted by Crippen LogP contribution is 2.17. The topological polar surface area (TPSA) is 62.9 Å². The summed E-state index contributed by atoms with van der Waals surface area (Å²) >= 11 is 0. The van der Waals surface area contributed by atoms with Crippen molar-refractivity contribution in [3.05, 3.63) is 0 Å². The Morgan fingerprint density at radius 3 is 1.93 bits per heavy atom. The lowest BCUT2D eigenvalue weighted by molar-refractivity contribution is 0.0154. The molecule has 1 atom stereocenters. The Hall–Kier alpha value is 0.0169. The van der Waals surface area contributed by atoms with Crippen LogP contribution in [0.5, 0.6) is 0 Å². The summed E-state index contributed by atoms with van der Waals surface area (Å²) in [5.74, 6) is 0. The second-order valence-corrected chi connectivity index (χ2v) is 5.81. The molecular weight excluding hydrogens is 202 g/mol. The average Bonchev–Trinajstić information content (AvgIpc) is 2.22. The van der Waals surface area contributed by atoms with Crippen LogP contribution in [0.4, 0.5) is 0 Å². The summed E-state index contributed by atoms with van der Waals surface area (Å²) < 4.78 is 21.5. The van der Waals surface area contributed by atoms with E-state index >= 15 is 0 Å². The molecule has 0 aliphatic heterocycles. The normalized spacial score (nSPS) is 14.4. The molecule has 6 heteroatoms. The SMILES string of the molecule is CCOC(CCN)[Si](OC)(OC)OC. The first-order valence-corrected chi connectivity index (χ1v) is 6.48. The fourth-order valence-corrected chi connectivity index (χ4v) is 3.54. The van der Waals surface area contributed by atoms with E-state index in [1.165, 1.54) is 0 Å². The third kappa shape index (κ3) is 3.30. The largest absolute Gasteiger partial charge is 0.530 e. The molecule has 0 aromatic heterocycles. The zero-order chi connectivity index (χ0) is 11.0. The van der Waals surface area contributed by atoms with E-state index in [9.17, 15) is 0 Å². The quantitative estimate of drug-likeness (QED) is 0.594. The van der Waals surface area contributed by atoms with E-state index in [2.05, 4.69) is 0 Å². The molecule has 5 nitrogen and oxygen atoms in total. The molecule has 0 spiro atoms. The fraction of sp³-hybridized carbons (Fsp3) is 1.00. The Kier molecular flexibility index (Phi) is 7.34. The zero-order valence-corrected chi connectivity index (χ0v) is 10.4. The van der Waals surface area contributed by atoms with Crippen molar-refractivity contribution < 1.29 is 18.0 Å². The van der Waals surface area contributed by atoms with E-state index in [4.69, 9.17) is 23.7 Å². The van der Waals surface area contributed by atoms with E-state index in [1.54, 1.807) is 21.3 Å². The molecule has 0 bridgehead atoms. The van der Waals surface area contributed by atoms with Gasteiger partial charge in [-0.2, -0.15) is 0 Å². The maximum absolute atomic E-state index is 5.53. The molecule has 0 aliphatic rings. The Bertz CT molecular complexity index is 129. The molecule has 0 amide bonds. The molecule has 1 unspecified atom stereocenters. The van der Waals surface area contributed by atoms with Gasteiger partial charge in [-0.15, -0.1) is 0 Å². The van der Waals surface area contributed by atoms with Crippen molar-refractivity contribution in [3.8, 4) is 0 Å². The molecule has 0 aliphatic carbocycles. The van der Waals surface area contributed by atoms with E-state index < -0.39 is 8.80 Å². The molecule has 0 aromatic rings. The first-order chi connectivity index (χ1) is 6.70. The summed E-state index contributed by atoms with van der Waals surface area (Å²) in [6, 6.07) is 0. The highest BCUT2D eigenvalue weighted by atomic mass is 28.4. The van der Waals surface area contributed by atoms with Crippen molar-refractivity contribution in [2.75, 3.05) is 34.5 Å². The van der Waals surface area contributed by atoms with Crippen molar-refractivity contribution in [1.29, 1.82) is 0 Å². The zero-order valence-electron chi connectivity index (χ0n) is 9.41. The second-order valence-electron chi connectivity index (χ2n) is 2.74. The summed E-state index contributed by atoms with van der Waals surface area (Å²) in [5.41, 5.74) is 5.31. The highest BCUT2D eigenvalue weighted by Gasteiger charge is 2.47. The van der Waals surface area contributed by atoms with Crippen LogP contribution in [0.2, 0.25) is 0 Å². The number of nitrogens with two attached hydrogens (primary N) is 1. The fourth-order valence-electron chi connectivity index (χ4n) is 1.36. The van der Waals surface area contributed by atoms with E-state index in [0.29, 0.717) is 19.6 Å². The smallest absolute Gasteiger partial charge is 0.375 e. The molecule has 0 aromatic carbocycles. The van der Waals surface area contributed by atoms with Crippen LogP contribution in [-0.2, 0) is 18.0 Å². The minimum atomic E-state index is -2.69. The van der Waals surface area contributed by atoms with Gasteiger partial charge >= 0.3 is 8.80 Å². The van der Waals surface area contributed by atoms with Crippen molar-refractivity contribution in [1.82, 2.24) is 0 Å². The van der Waals surface area contributed by atoms with Gasteiger partial charge in [0.15, 0.2) is 0 Å². The summed E-state index contributed by atoms with van der Waals surface area (Å²) in [4.78, 5) is 0. The van der Waals surface area contributed by atoms with Gasteiger partial charge < -0.3 is 23.7 Å². The first-order valence-electron chi connectivity index (χ1n) is 4.67. The molecule has 14 heavy (non-hydrogen) atoms. The second kappa shape index (κ2) is 7.33.